The summed E-state index contributed by atoms with van der Waals surface area (Å²) in [5.74, 6) is 1.02. The monoisotopic (exact) mass is 478 g/mol. The van der Waals surface area contributed by atoms with E-state index in [9.17, 15) is 8.78 Å². The molecule has 8 heteroatoms. The molecule has 0 saturated carbocycles. The summed E-state index contributed by atoms with van der Waals surface area (Å²) < 4.78 is 41.7. The van der Waals surface area contributed by atoms with Crippen LogP contribution in [0.15, 0.2) is 60.7 Å². The number of hydrogen-bond donors (Lipinski definition) is 1. The third-order valence-corrected chi connectivity index (χ3v) is 5.84. The Morgan fingerprint density at radius 2 is 1.73 bits per heavy atom. The maximum absolute atomic E-state index is 13.0. The molecular formula is C25H29ClF2N2O3. The van der Waals surface area contributed by atoms with Crippen LogP contribution in [-0.4, -0.2) is 51.5 Å². The number of ether oxygens (including phenoxy) is 3. The van der Waals surface area contributed by atoms with E-state index in [1.54, 1.807) is 13.2 Å². The molecule has 0 amide bonds. The first-order valence-electron chi connectivity index (χ1n) is 10.8. The number of rotatable bonds is 9. The van der Waals surface area contributed by atoms with E-state index < -0.39 is 6.61 Å². The van der Waals surface area contributed by atoms with Gasteiger partial charge in [-0.05, 0) is 34.5 Å². The quantitative estimate of drug-likeness (QED) is 0.467. The molecular weight excluding hydrogens is 450 g/mol. The Morgan fingerprint density at radius 3 is 2.42 bits per heavy atom. The van der Waals surface area contributed by atoms with E-state index in [4.69, 9.17) is 14.2 Å². The van der Waals surface area contributed by atoms with E-state index in [1.165, 1.54) is 5.56 Å². The van der Waals surface area contributed by atoms with Gasteiger partial charge in [0.05, 0.1) is 20.3 Å². The zero-order valence-electron chi connectivity index (χ0n) is 18.5. The van der Waals surface area contributed by atoms with Crippen molar-refractivity contribution in [1.82, 2.24) is 10.2 Å². The van der Waals surface area contributed by atoms with Crippen LogP contribution < -0.4 is 14.8 Å². The summed E-state index contributed by atoms with van der Waals surface area (Å²) in [6.45, 7) is 1.28. The van der Waals surface area contributed by atoms with E-state index in [0.29, 0.717) is 26.3 Å². The second-order valence-electron chi connectivity index (χ2n) is 7.71. The van der Waals surface area contributed by atoms with Gasteiger partial charge in [-0.3, -0.25) is 4.90 Å². The van der Waals surface area contributed by atoms with Gasteiger partial charge < -0.3 is 19.5 Å². The van der Waals surface area contributed by atoms with Gasteiger partial charge in [0.2, 0.25) is 0 Å². The molecule has 0 aliphatic carbocycles. The number of fused-ring (bicyclic) bond motifs is 1. The van der Waals surface area contributed by atoms with Crippen LogP contribution in [0, 0.1) is 0 Å². The molecule has 1 heterocycles. The van der Waals surface area contributed by atoms with Crippen molar-refractivity contribution in [3.63, 3.8) is 0 Å². The van der Waals surface area contributed by atoms with Gasteiger partial charge in [-0.25, -0.2) is 0 Å². The van der Waals surface area contributed by atoms with Gasteiger partial charge in [-0.2, -0.15) is 8.78 Å². The molecule has 1 unspecified atom stereocenters. The minimum atomic E-state index is -2.87. The number of methoxy groups -OCH3 is 1. The van der Waals surface area contributed by atoms with Crippen LogP contribution in [0.5, 0.6) is 11.5 Å². The number of nitrogens with one attached hydrogen (secondary N) is 1. The molecule has 178 valence electrons. The fourth-order valence-electron chi connectivity index (χ4n) is 4.21. The van der Waals surface area contributed by atoms with Crippen LogP contribution in [0.2, 0.25) is 0 Å². The number of benzene rings is 3. The molecule has 0 aromatic heterocycles. The molecule has 0 bridgehead atoms. The van der Waals surface area contributed by atoms with Gasteiger partial charge in [0, 0.05) is 37.8 Å². The predicted molar refractivity (Wildman–Crippen MR) is 128 cm³/mol. The Kier molecular flexibility index (Phi) is 9.26. The summed E-state index contributed by atoms with van der Waals surface area (Å²) >= 11 is 0. The third kappa shape index (κ3) is 6.32. The number of morpholine rings is 1. The molecule has 1 atom stereocenters. The molecule has 1 saturated heterocycles. The first-order valence-corrected chi connectivity index (χ1v) is 10.8. The number of nitrogens with zero attached hydrogens (tertiary/aromatic N) is 1. The van der Waals surface area contributed by atoms with Crippen LogP contribution in [0.3, 0.4) is 0 Å². The second kappa shape index (κ2) is 12.1. The van der Waals surface area contributed by atoms with Crippen molar-refractivity contribution in [3.8, 4) is 11.5 Å². The molecule has 5 nitrogen and oxygen atoms in total. The van der Waals surface area contributed by atoms with Crippen molar-refractivity contribution < 1.29 is 23.0 Å². The van der Waals surface area contributed by atoms with Crippen molar-refractivity contribution in [2.75, 3.05) is 40.0 Å². The summed E-state index contributed by atoms with van der Waals surface area (Å²) in [6, 6.07) is 19.4. The van der Waals surface area contributed by atoms with Crippen molar-refractivity contribution in [1.29, 1.82) is 0 Å². The molecule has 3 aromatic rings. The molecule has 1 fully saturated rings. The van der Waals surface area contributed by atoms with Gasteiger partial charge in [0.25, 0.3) is 0 Å². The largest absolute Gasteiger partial charge is 0.497 e. The summed E-state index contributed by atoms with van der Waals surface area (Å²) in [4.78, 5) is 2.39. The lowest BCUT2D eigenvalue weighted by molar-refractivity contribution is -0.0504. The maximum Gasteiger partial charge on any atom is 0.387 e. The number of alkyl halides is 2. The average molecular weight is 479 g/mol. The topological polar surface area (TPSA) is 43.0 Å². The van der Waals surface area contributed by atoms with Gasteiger partial charge in [0.15, 0.2) is 0 Å². The maximum atomic E-state index is 13.0. The first-order chi connectivity index (χ1) is 15.7. The molecule has 1 aliphatic rings. The Bertz CT molecular complexity index is 1010. The molecule has 1 aliphatic heterocycles. The minimum Gasteiger partial charge on any atom is -0.497 e. The van der Waals surface area contributed by atoms with Crippen LogP contribution in [0.4, 0.5) is 8.78 Å². The van der Waals surface area contributed by atoms with Gasteiger partial charge >= 0.3 is 6.61 Å². The molecule has 0 spiro atoms. The fourth-order valence-corrected chi connectivity index (χ4v) is 4.21. The number of hydrogen-bond acceptors (Lipinski definition) is 5. The van der Waals surface area contributed by atoms with Crippen LogP contribution in [-0.2, 0) is 11.3 Å². The lowest BCUT2D eigenvalue weighted by atomic mass is 10.0. The summed E-state index contributed by atoms with van der Waals surface area (Å²) in [5, 5.41) is 5.39. The lowest BCUT2D eigenvalue weighted by Crippen LogP contribution is -2.42. The highest BCUT2D eigenvalue weighted by Crippen LogP contribution is 2.30. The van der Waals surface area contributed by atoms with E-state index in [1.807, 2.05) is 42.5 Å². The standard InChI is InChI=1S/C25H28F2N2O3.ClH/c1-30-20-9-6-19(7-10-20)23(29-12-14-31-15-13-29)17-28-16-22-21-5-3-2-4-18(21)8-11-24(22)32-25(26)27;/h2-11,23,25,28H,12-17H2,1H3;1H. The fraction of sp³-hybridized carbons (Fsp3) is 0.360. The Balaban J connectivity index is 0.00000306. The summed E-state index contributed by atoms with van der Waals surface area (Å²) in [6.07, 6.45) is 0. The minimum absolute atomic E-state index is 0. The Hall–Kier alpha value is -2.45. The van der Waals surface area contributed by atoms with Crippen LogP contribution >= 0.6 is 12.4 Å². The normalized spacial score (nSPS) is 15.3. The van der Waals surface area contributed by atoms with Crippen molar-refractivity contribution in [3.05, 3.63) is 71.8 Å². The van der Waals surface area contributed by atoms with Gasteiger partial charge in [0.1, 0.15) is 11.5 Å². The van der Waals surface area contributed by atoms with E-state index >= 15 is 0 Å². The van der Waals surface area contributed by atoms with Gasteiger partial charge in [-0.15, -0.1) is 12.4 Å². The van der Waals surface area contributed by atoms with Crippen molar-refractivity contribution in [2.45, 2.75) is 19.2 Å². The van der Waals surface area contributed by atoms with Gasteiger partial charge in [-0.1, -0.05) is 42.5 Å². The summed E-state index contributed by atoms with van der Waals surface area (Å²) in [5.41, 5.74) is 1.90. The van der Waals surface area contributed by atoms with E-state index in [2.05, 4.69) is 22.3 Å². The second-order valence-corrected chi connectivity index (χ2v) is 7.71. The third-order valence-electron chi connectivity index (χ3n) is 5.84. The highest BCUT2D eigenvalue weighted by Gasteiger charge is 2.23. The SMILES string of the molecule is COc1ccc(C(CNCc2c(OC(F)F)ccc3ccccc23)N2CCOCC2)cc1.Cl. The number of halogens is 3. The predicted octanol–water partition coefficient (Wildman–Crippen LogP) is 5.03. The highest BCUT2D eigenvalue weighted by molar-refractivity contribution is 5.87. The Labute approximate surface area is 199 Å². The molecule has 33 heavy (non-hydrogen) atoms. The molecule has 3 aromatic carbocycles. The Morgan fingerprint density at radius 1 is 1.00 bits per heavy atom. The zero-order valence-corrected chi connectivity index (χ0v) is 19.3. The van der Waals surface area contributed by atoms with E-state index in [-0.39, 0.29) is 24.2 Å². The van der Waals surface area contributed by atoms with Crippen molar-refractivity contribution >= 4 is 23.2 Å². The highest BCUT2D eigenvalue weighted by atomic mass is 35.5. The smallest absolute Gasteiger partial charge is 0.387 e. The molecule has 1 N–H and O–H groups in total. The zero-order chi connectivity index (χ0) is 22.3. The lowest BCUT2D eigenvalue weighted by Gasteiger charge is -2.35. The molecule has 4 rings (SSSR count). The average Bonchev–Trinajstić information content (AvgIpc) is 2.83. The van der Waals surface area contributed by atoms with Crippen LogP contribution in [0.25, 0.3) is 10.8 Å². The van der Waals surface area contributed by atoms with Crippen LogP contribution in [0.1, 0.15) is 17.2 Å². The summed E-state index contributed by atoms with van der Waals surface area (Å²) in [7, 11) is 1.65. The molecule has 0 radical (unpaired) electrons. The first kappa shape index (κ1) is 25.2. The van der Waals surface area contributed by atoms with E-state index in [0.717, 1.165) is 35.2 Å². The van der Waals surface area contributed by atoms with Crippen molar-refractivity contribution in [2.24, 2.45) is 0 Å².